The number of carbonyl (C=O) groups excluding carboxylic acids is 1. The minimum atomic E-state index is -0.388. The molecule has 0 aliphatic rings. The van der Waals surface area contributed by atoms with Gasteiger partial charge >= 0.3 is 0 Å². The van der Waals surface area contributed by atoms with E-state index in [9.17, 15) is 4.79 Å². The van der Waals surface area contributed by atoms with Gasteiger partial charge in [0.1, 0.15) is 0 Å². The number of amides is 1. The molecule has 3 aromatic rings. The molecule has 0 aliphatic carbocycles. The minimum absolute atomic E-state index is 0.204. The van der Waals surface area contributed by atoms with Crippen molar-refractivity contribution in [2.24, 2.45) is 0 Å². The maximum Gasteiger partial charge on any atom is 0.247 e. The molecule has 3 heteroatoms. The van der Waals surface area contributed by atoms with Gasteiger partial charge in [0, 0.05) is 0 Å². The van der Waals surface area contributed by atoms with Gasteiger partial charge in [-0.05, 0) is 53.5 Å². The van der Waals surface area contributed by atoms with Crippen LogP contribution >= 0.6 is 0 Å². The molecule has 0 spiro atoms. The molecular formula is C24H25NO2. The number of hydroxylamine groups is 1. The first-order valence-electron chi connectivity index (χ1n) is 9.40. The number of unbranched alkanes of at least 4 members (excludes halogenated alkanes) is 1. The van der Waals surface area contributed by atoms with Crippen LogP contribution in [0.1, 0.15) is 29.5 Å². The number of nitrogens with one attached hydrogen (secondary N) is 1. The Bertz CT molecular complexity index is 840. The van der Waals surface area contributed by atoms with E-state index in [0.29, 0.717) is 0 Å². The zero-order chi connectivity index (χ0) is 18.9. The van der Waals surface area contributed by atoms with Crippen molar-refractivity contribution in [3.63, 3.8) is 0 Å². The zero-order valence-corrected chi connectivity index (χ0v) is 15.4. The van der Waals surface area contributed by atoms with Crippen LogP contribution in [-0.4, -0.2) is 11.1 Å². The summed E-state index contributed by atoms with van der Waals surface area (Å²) in [5, 5.41) is 8.56. The summed E-state index contributed by atoms with van der Waals surface area (Å²) < 4.78 is 0. The lowest BCUT2D eigenvalue weighted by molar-refractivity contribution is -0.128. The Hall–Kier alpha value is -2.91. The summed E-state index contributed by atoms with van der Waals surface area (Å²) in [7, 11) is 0. The van der Waals surface area contributed by atoms with E-state index in [0.717, 1.165) is 31.2 Å². The van der Waals surface area contributed by atoms with Gasteiger partial charge < -0.3 is 0 Å². The molecule has 0 unspecified atom stereocenters. The van der Waals surface area contributed by atoms with E-state index in [1.54, 1.807) is 5.48 Å². The smallest absolute Gasteiger partial charge is 0.247 e. The Morgan fingerprint density at radius 3 is 1.70 bits per heavy atom. The lowest BCUT2D eigenvalue weighted by Gasteiger charge is -2.06. The quantitative estimate of drug-likeness (QED) is 0.339. The molecule has 2 N–H and O–H groups in total. The van der Waals surface area contributed by atoms with E-state index in [2.05, 4.69) is 60.7 Å². The summed E-state index contributed by atoms with van der Waals surface area (Å²) >= 11 is 0. The third kappa shape index (κ3) is 5.80. The largest absolute Gasteiger partial charge is 0.289 e. The normalized spacial score (nSPS) is 10.6. The van der Waals surface area contributed by atoms with Crippen molar-refractivity contribution in [3.05, 3.63) is 95.6 Å². The monoisotopic (exact) mass is 359 g/mol. The van der Waals surface area contributed by atoms with E-state index >= 15 is 0 Å². The molecule has 0 fully saturated rings. The summed E-state index contributed by atoms with van der Waals surface area (Å²) in [6.45, 7) is 0. The van der Waals surface area contributed by atoms with Crippen molar-refractivity contribution in [3.8, 4) is 11.1 Å². The number of rotatable bonds is 8. The Labute approximate surface area is 160 Å². The molecule has 0 atom stereocenters. The highest BCUT2D eigenvalue weighted by Crippen LogP contribution is 2.20. The molecule has 27 heavy (non-hydrogen) atoms. The van der Waals surface area contributed by atoms with Gasteiger partial charge in [0.05, 0.1) is 6.42 Å². The van der Waals surface area contributed by atoms with E-state index in [1.807, 2.05) is 18.2 Å². The molecule has 0 bridgehead atoms. The fourth-order valence-corrected chi connectivity index (χ4v) is 3.20. The molecule has 3 aromatic carbocycles. The molecule has 0 saturated heterocycles. The van der Waals surface area contributed by atoms with E-state index in [1.165, 1.54) is 22.3 Å². The Balaban J connectivity index is 1.43. The average Bonchev–Trinajstić information content (AvgIpc) is 2.73. The second-order valence-corrected chi connectivity index (χ2v) is 6.80. The SMILES string of the molecule is O=C(Cc1ccc(CCCCc2ccc(-c3ccccc3)cc2)cc1)NO. The summed E-state index contributed by atoms with van der Waals surface area (Å²) in [4.78, 5) is 11.2. The molecular weight excluding hydrogens is 334 g/mol. The predicted molar refractivity (Wildman–Crippen MR) is 109 cm³/mol. The second-order valence-electron chi connectivity index (χ2n) is 6.80. The maximum absolute atomic E-state index is 11.2. The van der Waals surface area contributed by atoms with Gasteiger partial charge in [0.25, 0.3) is 0 Å². The second kappa shape index (κ2) is 9.70. The lowest BCUT2D eigenvalue weighted by Crippen LogP contribution is -2.20. The van der Waals surface area contributed by atoms with E-state index < -0.39 is 0 Å². The van der Waals surface area contributed by atoms with Gasteiger partial charge in [-0.1, -0.05) is 78.9 Å². The first-order chi connectivity index (χ1) is 13.2. The highest BCUT2D eigenvalue weighted by molar-refractivity contribution is 5.77. The van der Waals surface area contributed by atoms with Crippen LogP contribution in [0.25, 0.3) is 11.1 Å². The van der Waals surface area contributed by atoms with Crippen molar-refractivity contribution in [2.75, 3.05) is 0 Å². The Morgan fingerprint density at radius 2 is 1.15 bits per heavy atom. The molecule has 3 nitrogen and oxygen atoms in total. The Morgan fingerprint density at radius 1 is 0.667 bits per heavy atom. The van der Waals surface area contributed by atoms with Crippen LogP contribution in [0.4, 0.5) is 0 Å². The summed E-state index contributed by atoms with van der Waals surface area (Å²) in [5.74, 6) is -0.388. The van der Waals surface area contributed by atoms with Gasteiger partial charge in [0.2, 0.25) is 5.91 Å². The predicted octanol–water partition coefficient (Wildman–Crippen LogP) is 4.97. The van der Waals surface area contributed by atoms with Crippen molar-refractivity contribution in [1.29, 1.82) is 0 Å². The third-order valence-corrected chi connectivity index (χ3v) is 4.75. The van der Waals surface area contributed by atoms with Crippen molar-refractivity contribution < 1.29 is 10.0 Å². The number of carbonyl (C=O) groups is 1. The number of aryl methyl sites for hydroxylation is 2. The van der Waals surface area contributed by atoms with E-state index in [-0.39, 0.29) is 12.3 Å². The van der Waals surface area contributed by atoms with Crippen LogP contribution in [0.5, 0.6) is 0 Å². The molecule has 1 amide bonds. The molecule has 0 saturated carbocycles. The van der Waals surface area contributed by atoms with Crippen LogP contribution in [0.2, 0.25) is 0 Å². The maximum atomic E-state index is 11.2. The van der Waals surface area contributed by atoms with Crippen LogP contribution in [-0.2, 0) is 24.1 Å². The fourth-order valence-electron chi connectivity index (χ4n) is 3.20. The first kappa shape index (κ1) is 18.9. The van der Waals surface area contributed by atoms with E-state index in [4.69, 9.17) is 5.21 Å². The van der Waals surface area contributed by atoms with Gasteiger partial charge in [-0.3, -0.25) is 10.0 Å². The van der Waals surface area contributed by atoms with Crippen molar-refractivity contribution in [2.45, 2.75) is 32.1 Å². The fraction of sp³-hybridized carbons (Fsp3) is 0.208. The van der Waals surface area contributed by atoms with Crippen LogP contribution < -0.4 is 5.48 Å². The van der Waals surface area contributed by atoms with Gasteiger partial charge in [0.15, 0.2) is 0 Å². The van der Waals surface area contributed by atoms with Crippen LogP contribution in [0.15, 0.2) is 78.9 Å². The molecule has 0 aliphatic heterocycles. The molecule has 138 valence electrons. The van der Waals surface area contributed by atoms with Crippen LogP contribution in [0, 0.1) is 0 Å². The third-order valence-electron chi connectivity index (χ3n) is 4.75. The topological polar surface area (TPSA) is 49.3 Å². The minimum Gasteiger partial charge on any atom is -0.289 e. The number of benzene rings is 3. The van der Waals surface area contributed by atoms with Crippen molar-refractivity contribution >= 4 is 5.91 Å². The van der Waals surface area contributed by atoms with Gasteiger partial charge in [-0.25, -0.2) is 5.48 Å². The summed E-state index contributed by atoms with van der Waals surface area (Å²) in [6.07, 6.45) is 4.62. The summed E-state index contributed by atoms with van der Waals surface area (Å²) in [6, 6.07) is 27.3. The standard InChI is InChI=1S/C24H25NO2/c26-24(25-27)18-21-12-10-19(11-13-21)6-4-5-7-20-14-16-23(17-15-20)22-8-2-1-3-9-22/h1-3,8-17,27H,4-7,18H2,(H,25,26). The molecule has 0 heterocycles. The first-order valence-corrected chi connectivity index (χ1v) is 9.40. The number of hydrogen-bond acceptors (Lipinski definition) is 2. The number of hydrogen-bond donors (Lipinski definition) is 2. The average molecular weight is 359 g/mol. The highest BCUT2D eigenvalue weighted by Gasteiger charge is 2.02. The molecule has 0 radical (unpaired) electrons. The lowest BCUT2D eigenvalue weighted by atomic mass is 10.00. The van der Waals surface area contributed by atoms with Crippen LogP contribution in [0.3, 0.4) is 0 Å². The van der Waals surface area contributed by atoms with Gasteiger partial charge in [-0.2, -0.15) is 0 Å². The Kier molecular flexibility index (Phi) is 6.78. The van der Waals surface area contributed by atoms with Crippen molar-refractivity contribution in [1.82, 2.24) is 5.48 Å². The summed E-state index contributed by atoms with van der Waals surface area (Å²) in [5.41, 5.74) is 7.73. The van der Waals surface area contributed by atoms with Gasteiger partial charge in [-0.15, -0.1) is 0 Å². The highest BCUT2D eigenvalue weighted by atomic mass is 16.5. The zero-order valence-electron chi connectivity index (χ0n) is 15.4. The molecule has 0 aromatic heterocycles. The molecule has 3 rings (SSSR count).